The fourth-order valence-corrected chi connectivity index (χ4v) is 3.46. The molecule has 2 heterocycles. The van der Waals surface area contributed by atoms with E-state index in [1.54, 1.807) is 4.90 Å². The third-order valence-electron chi connectivity index (χ3n) is 4.79. The molecule has 2 aliphatic rings. The summed E-state index contributed by atoms with van der Waals surface area (Å²) < 4.78 is 51.7. The highest BCUT2D eigenvalue weighted by Crippen LogP contribution is 2.35. The first-order valence-corrected chi connectivity index (χ1v) is 8.01. The lowest BCUT2D eigenvalue weighted by atomic mass is 9.92. The van der Waals surface area contributed by atoms with Crippen LogP contribution in [0.25, 0.3) is 0 Å². The van der Waals surface area contributed by atoms with Gasteiger partial charge in [0.15, 0.2) is 11.6 Å². The van der Waals surface area contributed by atoms with E-state index in [0.29, 0.717) is 32.2 Å². The summed E-state index contributed by atoms with van der Waals surface area (Å²) in [5.74, 6) is -3.69. The summed E-state index contributed by atoms with van der Waals surface area (Å²) in [6.07, 6.45) is 0.0419. The zero-order valence-electron chi connectivity index (χ0n) is 13.7. The molecule has 1 amide bonds. The second-order valence-electron chi connectivity index (χ2n) is 6.57. The smallest absolute Gasteiger partial charge is 0.227 e. The van der Waals surface area contributed by atoms with Gasteiger partial charge in [-0.2, -0.15) is 0 Å². The SMILES string of the molecule is C[C@@H]1CN(C(=O)Cc2cc(F)c(F)cc2F)C[C@@]2(CCO[C@@H]2C)O1. The maximum absolute atomic E-state index is 13.8. The van der Waals surface area contributed by atoms with Crippen molar-refractivity contribution in [2.45, 2.75) is 44.5 Å². The average molecular weight is 343 g/mol. The van der Waals surface area contributed by atoms with Gasteiger partial charge in [0.2, 0.25) is 5.91 Å². The topological polar surface area (TPSA) is 38.8 Å². The van der Waals surface area contributed by atoms with Crippen molar-refractivity contribution in [2.75, 3.05) is 19.7 Å². The van der Waals surface area contributed by atoms with Gasteiger partial charge in [-0.05, 0) is 19.9 Å². The standard InChI is InChI=1S/C17H20F3NO3/c1-10-8-21(9-17(24-10)3-4-23-11(17)2)16(22)6-12-5-14(19)15(20)7-13(12)18/h5,7,10-11H,3-4,6,8-9H2,1-2H3/t10-,11-,17-/m1/s1. The minimum Gasteiger partial charge on any atom is -0.375 e. The molecule has 3 atom stereocenters. The van der Waals surface area contributed by atoms with Crippen molar-refractivity contribution in [2.24, 2.45) is 0 Å². The van der Waals surface area contributed by atoms with Crippen LogP contribution in [0.15, 0.2) is 12.1 Å². The second-order valence-corrected chi connectivity index (χ2v) is 6.57. The maximum atomic E-state index is 13.8. The fraction of sp³-hybridized carbons (Fsp3) is 0.588. The third kappa shape index (κ3) is 3.15. The Balaban J connectivity index is 1.76. The summed E-state index contributed by atoms with van der Waals surface area (Å²) in [5.41, 5.74) is -0.706. The monoisotopic (exact) mass is 343 g/mol. The van der Waals surface area contributed by atoms with Crippen LogP contribution in [0.2, 0.25) is 0 Å². The first-order valence-electron chi connectivity index (χ1n) is 8.01. The molecule has 0 aliphatic carbocycles. The molecule has 2 fully saturated rings. The van der Waals surface area contributed by atoms with Gasteiger partial charge in [0.25, 0.3) is 0 Å². The van der Waals surface area contributed by atoms with E-state index >= 15 is 0 Å². The fourth-order valence-electron chi connectivity index (χ4n) is 3.46. The summed E-state index contributed by atoms with van der Waals surface area (Å²) >= 11 is 0. The highest BCUT2D eigenvalue weighted by molar-refractivity contribution is 5.79. The van der Waals surface area contributed by atoms with Gasteiger partial charge in [0, 0.05) is 31.2 Å². The van der Waals surface area contributed by atoms with E-state index in [9.17, 15) is 18.0 Å². The van der Waals surface area contributed by atoms with Crippen LogP contribution < -0.4 is 0 Å². The molecule has 1 spiro atoms. The van der Waals surface area contributed by atoms with Gasteiger partial charge >= 0.3 is 0 Å². The van der Waals surface area contributed by atoms with Crippen LogP contribution in [0.4, 0.5) is 13.2 Å². The number of ether oxygens (including phenoxy) is 2. The van der Waals surface area contributed by atoms with Gasteiger partial charge < -0.3 is 14.4 Å². The van der Waals surface area contributed by atoms with E-state index in [4.69, 9.17) is 9.47 Å². The number of carbonyl (C=O) groups is 1. The molecular weight excluding hydrogens is 323 g/mol. The van der Waals surface area contributed by atoms with Crippen molar-refractivity contribution in [3.05, 3.63) is 35.1 Å². The predicted octanol–water partition coefficient (Wildman–Crippen LogP) is 2.44. The molecule has 0 N–H and O–H groups in total. The highest BCUT2D eigenvalue weighted by Gasteiger charge is 2.48. The van der Waals surface area contributed by atoms with Crippen molar-refractivity contribution in [3.63, 3.8) is 0 Å². The normalized spacial score (nSPS) is 30.1. The zero-order valence-corrected chi connectivity index (χ0v) is 13.7. The average Bonchev–Trinajstić information content (AvgIpc) is 2.84. The quantitative estimate of drug-likeness (QED) is 0.775. The van der Waals surface area contributed by atoms with Gasteiger partial charge in [-0.15, -0.1) is 0 Å². The Morgan fingerprint density at radius 3 is 2.62 bits per heavy atom. The summed E-state index contributed by atoms with van der Waals surface area (Å²) in [4.78, 5) is 14.2. The number of halogens is 3. The first kappa shape index (κ1) is 17.2. The minimum atomic E-state index is -1.26. The molecule has 7 heteroatoms. The molecule has 0 bridgehead atoms. The van der Waals surface area contributed by atoms with E-state index in [1.807, 2.05) is 13.8 Å². The van der Waals surface area contributed by atoms with Crippen LogP contribution in [-0.4, -0.2) is 48.3 Å². The van der Waals surface area contributed by atoms with E-state index in [0.717, 1.165) is 6.07 Å². The lowest BCUT2D eigenvalue weighted by Gasteiger charge is -2.45. The molecule has 24 heavy (non-hydrogen) atoms. The van der Waals surface area contributed by atoms with Crippen molar-refractivity contribution < 1.29 is 27.4 Å². The predicted molar refractivity (Wildman–Crippen MR) is 79.9 cm³/mol. The summed E-state index contributed by atoms with van der Waals surface area (Å²) in [6, 6.07) is 1.21. The van der Waals surface area contributed by atoms with Gasteiger partial charge in [-0.3, -0.25) is 4.79 Å². The van der Waals surface area contributed by atoms with Gasteiger partial charge in [0.05, 0.1) is 25.2 Å². The van der Waals surface area contributed by atoms with Crippen LogP contribution in [0.1, 0.15) is 25.8 Å². The number of nitrogens with zero attached hydrogens (tertiary/aromatic N) is 1. The molecule has 2 saturated heterocycles. The molecule has 0 aromatic heterocycles. The number of hydrogen-bond acceptors (Lipinski definition) is 3. The van der Waals surface area contributed by atoms with E-state index in [1.165, 1.54) is 0 Å². The van der Waals surface area contributed by atoms with E-state index < -0.39 is 23.1 Å². The lowest BCUT2D eigenvalue weighted by molar-refractivity contribution is -0.178. The molecular formula is C17H20F3NO3. The molecule has 2 aliphatic heterocycles. The van der Waals surface area contributed by atoms with E-state index in [2.05, 4.69) is 0 Å². The minimum absolute atomic E-state index is 0.143. The van der Waals surface area contributed by atoms with Gasteiger partial charge in [0.1, 0.15) is 11.4 Å². The maximum Gasteiger partial charge on any atom is 0.227 e. The summed E-state index contributed by atoms with van der Waals surface area (Å²) in [6.45, 7) is 5.06. The van der Waals surface area contributed by atoms with Crippen molar-refractivity contribution in [1.82, 2.24) is 4.90 Å². The van der Waals surface area contributed by atoms with Crippen LogP contribution in [0, 0.1) is 17.5 Å². The summed E-state index contributed by atoms with van der Waals surface area (Å²) in [7, 11) is 0. The second kappa shape index (κ2) is 6.37. The Morgan fingerprint density at radius 2 is 1.96 bits per heavy atom. The highest BCUT2D eigenvalue weighted by atomic mass is 19.2. The largest absolute Gasteiger partial charge is 0.375 e. The lowest BCUT2D eigenvalue weighted by Crippen LogP contribution is -2.59. The number of carbonyl (C=O) groups excluding carboxylic acids is 1. The van der Waals surface area contributed by atoms with Crippen LogP contribution >= 0.6 is 0 Å². The Hall–Kier alpha value is -1.60. The first-order chi connectivity index (χ1) is 11.3. The molecule has 1 aromatic rings. The molecule has 1 aromatic carbocycles. The number of hydrogen-bond donors (Lipinski definition) is 0. The number of amides is 1. The summed E-state index contributed by atoms with van der Waals surface area (Å²) in [5, 5.41) is 0. The molecule has 0 unspecified atom stereocenters. The Morgan fingerprint density at radius 1 is 1.25 bits per heavy atom. The molecule has 0 radical (unpaired) electrons. The Bertz CT molecular complexity index is 654. The number of rotatable bonds is 2. The molecule has 132 valence electrons. The van der Waals surface area contributed by atoms with Crippen LogP contribution in [0.5, 0.6) is 0 Å². The van der Waals surface area contributed by atoms with Gasteiger partial charge in [-0.1, -0.05) is 0 Å². The van der Waals surface area contributed by atoms with Gasteiger partial charge in [-0.25, -0.2) is 13.2 Å². The molecule has 3 rings (SSSR count). The van der Waals surface area contributed by atoms with Crippen LogP contribution in [-0.2, 0) is 20.7 Å². The third-order valence-corrected chi connectivity index (χ3v) is 4.79. The number of morpholine rings is 1. The molecule has 0 saturated carbocycles. The Labute approximate surface area is 138 Å². The number of benzene rings is 1. The Kier molecular flexibility index (Phi) is 4.57. The molecule has 4 nitrogen and oxygen atoms in total. The van der Waals surface area contributed by atoms with E-state index in [-0.39, 0.29) is 30.1 Å². The van der Waals surface area contributed by atoms with Crippen molar-refractivity contribution in [3.8, 4) is 0 Å². The van der Waals surface area contributed by atoms with Crippen molar-refractivity contribution >= 4 is 5.91 Å². The van der Waals surface area contributed by atoms with Crippen molar-refractivity contribution in [1.29, 1.82) is 0 Å². The van der Waals surface area contributed by atoms with Crippen LogP contribution in [0.3, 0.4) is 0 Å². The zero-order chi connectivity index (χ0) is 17.5.